The van der Waals surface area contributed by atoms with Gasteiger partial charge in [0, 0.05) is 67.3 Å². The van der Waals surface area contributed by atoms with Crippen molar-refractivity contribution in [2.45, 2.75) is 91.9 Å². The second-order valence-electron chi connectivity index (χ2n) is 15.9. The molecule has 0 radical (unpaired) electrons. The van der Waals surface area contributed by atoms with Gasteiger partial charge in [-0.15, -0.1) is 0 Å². The van der Waals surface area contributed by atoms with E-state index in [2.05, 4.69) is 43.0 Å². The molecule has 1 aromatic carbocycles. The Morgan fingerprint density at radius 2 is 1.05 bits per heavy atom. The predicted octanol–water partition coefficient (Wildman–Crippen LogP) is 8.07. The van der Waals surface area contributed by atoms with Gasteiger partial charge >= 0.3 is 17.9 Å². The number of hydrogen-bond donors (Lipinski definition) is 7. The normalized spacial score (nSPS) is 12.2. The first kappa shape index (κ1) is 46.5. The second-order valence-corrected chi connectivity index (χ2v) is 16.1. The van der Waals surface area contributed by atoms with E-state index in [9.17, 15) is 39.3 Å². The molecule has 7 N–H and O–H groups in total. The smallest absolute Gasteiger partial charge is 0.303 e. The van der Waals surface area contributed by atoms with Gasteiger partial charge in [-0.3, -0.25) is 24.0 Å². The van der Waals surface area contributed by atoms with Crippen molar-refractivity contribution in [3.63, 3.8) is 0 Å². The Bertz CT molecular complexity index is 2810. The van der Waals surface area contributed by atoms with Crippen molar-refractivity contribution in [1.82, 2.24) is 30.6 Å². The average molecular weight is 886 g/mol. The maximum atomic E-state index is 13.2. The number of aryl methyl sites for hydroxylation is 4. The largest absolute Gasteiger partial charge is 0.481 e. The molecule has 332 valence electrons. The lowest BCUT2D eigenvalue weighted by Gasteiger charge is -2.07. The van der Waals surface area contributed by atoms with E-state index in [4.69, 9.17) is 9.97 Å². The molecule has 0 fully saturated rings. The molecule has 6 rings (SSSR count). The summed E-state index contributed by atoms with van der Waals surface area (Å²) in [6.45, 7) is 8.23. The van der Waals surface area contributed by atoms with Gasteiger partial charge in [0.15, 0.2) is 0 Å². The first-order chi connectivity index (χ1) is 30.6. The van der Waals surface area contributed by atoms with Crippen LogP contribution in [0.1, 0.15) is 109 Å². The lowest BCUT2D eigenvalue weighted by atomic mass is 9.98. The Labute approximate surface area is 374 Å². The summed E-state index contributed by atoms with van der Waals surface area (Å²) in [5.41, 5.74) is 13.2. The molecule has 64 heavy (non-hydrogen) atoms. The van der Waals surface area contributed by atoms with Crippen LogP contribution in [0.4, 0.5) is 5.69 Å². The number of fused-ring (bicyclic) bond motifs is 8. The number of carboxylic acid groups (broad SMARTS) is 3. The van der Waals surface area contributed by atoms with Gasteiger partial charge in [-0.05, 0) is 159 Å². The number of carbonyl (C=O) groups is 5. The number of benzene rings is 1. The Balaban J connectivity index is 1.35. The second kappa shape index (κ2) is 20.9. The van der Waals surface area contributed by atoms with Crippen molar-refractivity contribution in [2.24, 2.45) is 4.99 Å². The van der Waals surface area contributed by atoms with E-state index in [-0.39, 0.29) is 69.7 Å². The highest BCUT2D eigenvalue weighted by atomic mass is 32.1. The van der Waals surface area contributed by atoms with Gasteiger partial charge in [-0.1, -0.05) is 12.1 Å². The zero-order valence-corrected chi connectivity index (χ0v) is 37.1. The highest BCUT2D eigenvalue weighted by Crippen LogP contribution is 2.38. The number of nitrogens with zero attached hydrogens (tertiary/aromatic N) is 3. The van der Waals surface area contributed by atoms with Crippen LogP contribution < -0.4 is 10.6 Å². The molecule has 3 aromatic heterocycles. The molecule has 4 aromatic rings. The number of carboxylic acids is 3. The molecule has 2 aliphatic heterocycles. The third-order valence-electron chi connectivity index (χ3n) is 11.7. The summed E-state index contributed by atoms with van der Waals surface area (Å²) in [6.07, 6.45) is 1.56. The van der Waals surface area contributed by atoms with Crippen LogP contribution in [0, 0.1) is 13.8 Å². The molecule has 0 spiro atoms. The Kier molecular flexibility index (Phi) is 15.2. The van der Waals surface area contributed by atoms with E-state index in [1.54, 1.807) is 0 Å². The standard InChI is InChI=1S/C48H51N7O8S/c1-26-32(9-13-44(56)50-20-18-45(57)49-19-17-30-5-7-31(8-6-30)51-25-64)40-21-37-27(2)33(10-14-46(58)59)42(53-37)23-39-29(4)35(12-16-48(62)63)43(55-39)24-38-28(3)34(11-15-47(60)61)41(54-38)22-36(26)52-40/h5-8,21-24,52-53H,9-20H2,1-4H3,(H,49,57)(H,50,56)(H,58,59)(H,60,61)(H,62,63). The number of rotatable bonds is 19. The topological polar surface area (TPSA) is 240 Å². The van der Waals surface area contributed by atoms with Crippen LogP contribution in [0.3, 0.4) is 0 Å². The van der Waals surface area contributed by atoms with Crippen LogP contribution in [0.5, 0.6) is 0 Å². The zero-order valence-electron chi connectivity index (χ0n) is 36.2. The third-order valence-corrected chi connectivity index (χ3v) is 11.8. The molecule has 15 nitrogen and oxygen atoms in total. The molecular weight excluding hydrogens is 835 g/mol. The number of nitrogens with one attached hydrogen (secondary N) is 4. The molecule has 0 atom stereocenters. The summed E-state index contributed by atoms with van der Waals surface area (Å²) in [4.78, 5) is 82.1. The zero-order chi connectivity index (χ0) is 46.1. The lowest BCUT2D eigenvalue weighted by molar-refractivity contribution is -0.137. The number of aliphatic imine (C=N–C) groups is 1. The number of hydrogen-bond acceptors (Lipinski definition) is 9. The van der Waals surface area contributed by atoms with Crippen LogP contribution in [-0.2, 0) is 43.2 Å². The number of carbonyl (C=O) groups excluding carboxylic acids is 2. The van der Waals surface area contributed by atoms with Crippen molar-refractivity contribution >= 4 is 97.1 Å². The number of thiocarbonyl (C=S) groups is 1. The minimum atomic E-state index is -0.951. The number of isothiocyanates is 1. The van der Waals surface area contributed by atoms with Crippen molar-refractivity contribution in [3.8, 4) is 0 Å². The highest BCUT2D eigenvalue weighted by molar-refractivity contribution is 7.78. The summed E-state index contributed by atoms with van der Waals surface area (Å²) in [5.74, 6) is -3.25. The van der Waals surface area contributed by atoms with Gasteiger partial charge < -0.3 is 35.9 Å². The van der Waals surface area contributed by atoms with E-state index in [1.807, 2.05) is 76.2 Å². The number of amides is 2. The van der Waals surface area contributed by atoms with Crippen LogP contribution >= 0.6 is 12.2 Å². The molecule has 0 saturated carbocycles. The molecule has 0 unspecified atom stereocenters. The first-order valence-electron chi connectivity index (χ1n) is 21.1. The lowest BCUT2D eigenvalue weighted by Crippen LogP contribution is -2.31. The Morgan fingerprint density at radius 3 is 1.62 bits per heavy atom. The van der Waals surface area contributed by atoms with Gasteiger partial charge in [-0.2, -0.15) is 4.99 Å². The van der Waals surface area contributed by atoms with E-state index in [0.717, 1.165) is 50.1 Å². The van der Waals surface area contributed by atoms with Crippen molar-refractivity contribution in [3.05, 3.63) is 99.1 Å². The van der Waals surface area contributed by atoms with E-state index in [1.165, 1.54) is 0 Å². The van der Waals surface area contributed by atoms with Gasteiger partial charge in [0.1, 0.15) is 0 Å². The summed E-state index contributed by atoms with van der Waals surface area (Å²) < 4.78 is 0. The van der Waals surface area contributed by atoms with E-state index < -0.39 is 17.9 Å². The summed E-state index contributed by atoms with van der Waals surface area (Å²) in [6, 6.07) is 15.0. The number of aliphatic carboxylic acids is 3. The monoisotopic (exact) mass is 885 g/mol. The fourth-order valence-corrected chi connectivity index (χ4v) is 8.16. The minimum Gasteiger partial charge on any atom is -0.481 e. The van der Waals surface area contributed by atoms with E-state index >= 15 is 0 Å². The average Bonchev–Trinajstić information content (AvgIpc) is 3.90. The van der Waals surface area contributed by atoms with Gasteiger partial charge in [0.2, 0.25) is 11.8 Å². The molecule has 16 heteroatoms. The molecule has 2 amide bonds. The molecule has 0 aliphatic carbocycles. The van der Waals surface area contributed by atoms with Crippen molar-refractivity contribution < 1.29 is 39.3 Å². The summed E-state index contributed by atoms with van der Waals surface area (Å²) in [7, 11) is 0. The first-order valence-corrected chi connectivity index (χ1v) is 21.5. The van der Waals surface area contributed by atoms with Crippen molar-refractivity contribution in [1.29, 1.82) is 0 Å². The van der Waals surface area contributed by atoms with Gasteiger partial charge in [-0.25, -0.2) is 9.97 Å². The number of allylic oxidation sites excluding steroid dienone is 4. The Hall–Kier alpha value is -7.03. The van der Waals surface area contributed by atoms with Crippen LogP contribution in [0.15, 0.2) is 53.5 Å². The number of aromatic amines is 2. The Morgan fingerprint density at radius 1 is 0.578 bits per heavy atom. The van der Waals surface area contributed by atoms with Gasteiger partial charge in [0.25, 0.3) is 0 Å². The third kappa shape index (κ3) is 11.5. The fourth-order valence-electron chi connectivity index (χ4n) is 8.05. The van der Waals surface area contributed by atoms with Crippen LogP contribution in [0.25, 0.3) is 44.4 Å². The number of aromatic nitrogens is 4. The minimum absolute atomic E-state index is 0.105. The van der Waals surface area contributed by atoms with Crippen molar-refractivity contribution in [2.75, 3.05) is 13.1 Å². The quantitative estimate of drug-likeness (QED) is 0.0351. The van der Waals surface area contributed by atoms with Crippen LogP contribution in [-0.4, -0.2) is 83.2 Å². The summed E-state index contributed by atoms with van der Waals surface area (Å²) in [5, 5.41) is 37.0. The van der Waals surface area contributed by atoms with E-state index in [0.29, 0.717) is 69.9 Å². The van der Waals surface area contributed by atoms with Gasteiger partial charge in [0.05, 0.1) is 33.6 Å². The highest BCUT2D eigenvalue weighted by Gasteiger charge is 2.23. The molecule has 8 bridgehead atoms. The maximum Gasteiger partial charge on any atom is 0.303 e. The molecular formula is C48H51N7O8S. The van der Waals surface area contributed by atoms with Crippen LogP contribution in [0.2, 0.25) is 0 Å². The fraction of sp³-hybridized carbons (Fsp3) is 0.333. The molecule has 2 aliphatic rings. The SMILES string of the molecule is CC1=C(CCC(=O)O)c2cc3nc(cc4[nH]c(cc5[nH]c(cc1n2)c(CCC(=O)O)c5C)c(CCC(=O)NCCC(=O)NCCc1ccc(N=C=S)cc1)c4C)C(CCC(=O)O)=C3C. The number of H-pyrrole nitrogens is 2. The maximum absolute atomic E-state index is 13.2. The molecule has 5 heterocycles. The predicted molar refractivity (Wildman–Crippen MR) is 249 cm³/mol. The summed E-state index contributed by atoms with van der Waals surface area (Å²) >= 11 is 4.64. The molecule has 0 saturated heterocycles.